The Morgan fingerprint density at radius 1 is 1.11 bits per heavy atom. The van der Waals surface area contributed by atoms with Gasteiger partial charge in [0.2, 0.25) is 5.91 Å². The molecule has 3 amide bonds. The number of para-hydroxylation sites is 3. The average molecular weight is 648 g/mol. The normalized spacial score (nSPS) is 16.9. The highest BCUT2D eigenvalue weighted by Gasteiger charge is 2.43. The molecule has 0 fully saturated rings. The number of hydrogen-bond acceptors (Lipinski definition) is 7. The van der Waals surface area contributed by atoms with Gasteiger partial charge in [-0.2, -0.15) is 23.5 Å². The second-order valence-corrected chi connectivity index (χ2v) is 10.9. The molecule has 1 aliphatic heterocycles. The van der Waals surface area contributed by atoms with Crippen LogP contribution in [0.2, 0.25) is 0 Å². The van der Waals surface area contributed by atoms with Gasteiger partial charge in [-0.15, -0.1) is 0 Å². The summed E-state index contributed by atoms with van der Waals surface area (Å²) in [4.78, 5) is 41.1. The van der Waals surface area contributed by atoms with Gasteiger partial charge >= 0.3 is 12.1 Å². The van der Waals surface area contributed by atoms with E-state index in [2.05, 4.69) is 10.6 Å². The number of carbonyl (C=O) groups excluding carboxylic acids is 3. The first kappa shape index (κ1) is 33.0. The summed E-state index contributed by atoms with van der Waals surface area (Å²) < 4.78 is 47.3. The number of carbonyl (C=O) groups is 3. The molecule has 1 aromatic heterocycles. The Morgan fingerprint density at radius 2 is 1.81 bits per heavy atom. The van der Waals surface area contributed by atoms with E-state index in [4.69, 9.17) is 9.84 Å². The molecule has 0 radical (unpaired) electrons. The first-order valence-corrected chi connectivity index (χ1v) is 14.8. The van der Waals surface area contributed by atoms with Gasteiger partial charge in [0, 0.05) is 17.6 Å². The van der Waals surface area contributed by atoms with E-state index in [0.717, 1.165) is 0 Å². The number of nitriles is 1. The van der Waals surface area contributed by atoms with E-state index in [0.29, 0.717) is 32.9 Å². The highest BCUT2D eigenvalue weighted by atomic mass is 19.4. The highest BCUT2D eigenvalue weighted by molar-refractivity contribution is 6.02. The minimum atomic E-state index is -5.09. The SMILES string of the molecule is CCN(C(=O)C(F)(F)F)c1ccc(-n2nc(CN3C(=O)[C@@H](NC(=O)[C@H](C)NC)[C@H](C)Oc4ccccc43)c3ccccc32)c(C#N)c1. The number of benzene rings is 3. The zero-order valence-electron chi connectivity index (χ0n) is 26.0. The number of alkyl halides is 3. The average Bonchev–Trinajstić information content (AvgIpc) is 3.39. The monoisotopic (exact) mass is 647 g/mol. The zero-order chi connectivity index (χ0) is 34.0. The van der Waals surface area contributed by atoms with Gasteiger partial charge in [0.15, 0.2) is 0 Å². The molecule has 0 spiro atoms. The van der Waals surface area contributed by atoms with Crippen LogP contribution < -0.4 is 25.2 Å². The van der Waals surface area contributed by atoms with Crippen LogP contribution in [0.3, 0.4) is 0 Å². The lowest BCUT2D eigenvalue weighted by Crippen LogP contribution is -2.56. The van der Waals surface area contributed by atoms with Crippen molar-refractivity contribution in [1.82, 2.24) is 20.4 Å². The fraction of sp³-hybridized carbons (Fsp3) is 0.303. The molecule has 2 heterocycles. The van der Waals surface area contributed by atoms with Crippen LogP contribution in [0.25, 0.3) is 16.6 Å². The number of nitrogens with one attached hydrogen (secondary N) is 2. The van der Waals surface area contributed by atoms with E-state index in [-0.39, 0.29) is 35.9 Å². The number of halogens is 3. The van der Waals surface area contributed by atoms with Crippen molar-refractivity contribution in [3.63, 3.8) is 0 Å². The molecule has 3 aromatic carbocycles. The number of likely N-dealkylation sites (N-methyl/N-ethyl adjacent to an activating group) is 1. The third-order valence-corrected chi connectivity index (χ3v) is 8.01. The fourth-order valence-corrected chi connectivity index (χ4v) is 5.43. The lowest BCUT2D eigenvalue weighted by molar-refractivity contribution is -0.170. The largest absolute Gasteiger partial charge is 0.486 e. The number of anilines is 2. The smallest absolute Gasteiger partial charge is 0.471 e. The summed E-state index contributed by atoms with van der Waals surface area (Å²) in [5.74, 6) is -2.41. The van der Waals surface area contributed by atoms with E-state index >= 15 is 0 Å². The summed E-state index contributed by atoms with van der Waals surface area (Å²) in [6, 6.07) is 18.5. The summed E-state index contributed by atoms with van der Waals surface area (Å²) >= 11 is 0. The molecular weight excluding hydrogens is 615 g/mol. The van der Waals surface area contributed by atoms with Crippen LogP contribution in [-0.2, 0) is 20.9 Å². The number of hydrogen-bond donors (Lipinski definition) is 2. The first-order chi connectivity index (χ1) is 22.4. The number of fused-ring (bicyclic) bond motifs is 2. The van der Waals surface area contributed by atoms with Crippen molar-refractivity contribution in [1.29, 1.82) is 5.26 Å². The van der Waals surface area contributed by atoms with Crippen molar-refractivity contribution < 1.29 is 32.3 Å². The van der Waals surface area contributed by atoms with Crippen LogP contribution >= 0.6 is 0 Å². The fourth-order valence-electron chi connectivity index (χ4n) is 5.43. The molecule has 11 nitrogen and oxygen atoms in total. The molecule has 1 aliphatic rings. The summed E-state index contributed by atoms with van der Waals surface area (Å²) in [6.45, 7) is 4.47. The summed E-state index contributed by atoms with van der Waals surface area (Å²) in [6.07, 6.45) is -5.80. The maximum absolute atomic E-state index is 14.2. The topological polar surface area (TPSA) is 133 Å². The van der Waals surface area contributed by atoms with Crippen LogP contribution in [0.1, 0.15) is 32.0 Å². The molecule has 0 saturated carbocycles. The molecule has 3 atom stereocenters. The molecule has 0 unspecified atom stereocenters. The predicted molar refractivity (Wildman–Crippen MR) is 168 cm³/mol. The Bertz CT molecular complexity index is 1880. The number of aromatic nitrogens is 2. The molecule has 0 saturated heterocycles. The van der Waals surface area contributed by atoms with Gasteiger partial charge in [-0.1, -0.05) is 30.3 Å². The van der Waals surface area contributed by atoms with Crippen molar-refractivity contribution in [3.05, 3.63) is 78.0 Å². The summed E-state index contributed by atoms with van der Waals surface area (Å²) in [7, 11) is 1.63. The van der Waals surface area contributed by atoms with Crippen molar-refractivity contribution in [2.45, 2.75) is 51.7 Å². The van der Waals surface area contributed by atoms with Crippen LogP contribution in [0, 0.1) is 11.3 Å². The Balaban J connectivity index is 1.58. The Morgan fingerprint density at radius 3 is 2.49 bits per heavy atom. The second kappa shape index (κ2) is 13.1. The highest BCUT2D eigenvalue weighted by Crippen LogP contribution is 2.36. The molecule has 4 aromatic rings. The van der Waals surface area contributed by atoms with Gasteiger partial charge in [-0.3, -0.25) is 14.4 Å². The Labute approximate surface area is 268 Å². The van der Waals surface area contributed by atoms with E-state index in [1.165, 1.54) is 34.7 Å². The van der Waals surface area contributed by atoms with Gasteiger partial charge in [0.05, 0.1) is 40.7 Å². The van der Waals surface area contributed by atoms with E-state index < -0.39 is 36.2 Å². The van der Waals surface area contributed by atoms with Crippen molar-refractivity contribution >= 4 is 40.0 Å². The third-order valence-electron chi connectivity index (χ3n) is 8.01. The third kappa shape index (κ3) is 6.34. The van der Waals surface area contributed by atoms with E-state index in [1.807, 2.05) is 6.07 Å². The van der Waals surface area contributed by atoms with Crippen molar-refractivity contribution in [3.8, 4) is 17.5 Å². The predicted octanol–water partition coefficient (Wildman–Crippen LogP) is 4.22. The number of nitrogens with zero attached hydrogens (tertiary/aromatic N) is 5. The van der Waals surface area contributed by atoms with Gasteiger partial charge in [-0.25, -0.2) is 4.68 Å². The van der Waals surface area contributed by atoms with Crippen LogP contribution in [0.15, 0.2) is 66.7 Å². The summed E-state index contributed by atoms with van der Waals surface area (Å²) in [5, 5.41) is 21.1. The van der Waals surface area contributed by atoms with Gasteiger partial charge < -0.3 is 25.2 Å². The zero-order valence-corrected chi connectivity index (χ0v) is 26.0. The van der Waals surface area contributed by atoms with E-state index in [9.17, 15) is 32.8 Å². The van der Waals surface area contributed by atoms with Crippen molar-refractivity contribution in [2.24, 2.45) is 0 Å². The lowest BCUT2D eigenvalue weighted by atomic mass is 10.1. The standard InChI is InChI=1S/C33H32F3N7O4/c1-5-41(32(46)33(34,35)36)22-14-15-25(21(16-22)17-37)43-26-11-7-6-10-23(26)24(40-43)18-42-27-12-8-9-13-28(27)47-20(3)29(31(42)45)39-30(44)19(2)38-4/h6-16,19-20,29,38H,5,18H2,1-4H3,(H,39,44)/t19-,20-,29-/m0/s1. The molecule has 14 heteroatoms. The van der Waals surface area contributed by atoms with E-state index in [1.54, 1.807) is 69.4 Å². The first-order valence-electron chi connectivity index (χ1n) is 14.8. The number of ether oxygens (including phenoxy) is 1. The van der Waals surface area contributed by atoms with Crippen molar-refractivity contribution in [2.75, 3.05) is 23.4 Å². The van der Waals surface area contributed by atoms with Crippen LogP contribution in [-0.4, -0.2) is 65.5 Å². The minimum Gasteiger partial charge on any atom is -0.486 e. The molecule has 244 valence electrons. The minimum absolute atomic E-state index is 0.0180. The molecule has 0 bridgehead atoms. The van der Waals surface area contributed by atoms with Gasteiger partial charge in [0.25, 0.3) is 5.91 Å². The second-order valence-electron chi connectivity index (χ2n) is 10.9. The van der Waals surface area contributed by atoms with Gasteiger partial charge in [0.1, 0.15) is 24.0 Å². The molecule has 0 aliphatic carbocycles. The number of amides is 3. The van der Waals surface area contributed by atoms with Crippen LogP contribution in [0.4, 0.5) is 24.5 Å². The molecule has 5 rings (SSSR count). The Hall–Kier alpha value is -5.42. The number of rotatable bonds is 8. The molecular formula is C33H32F3N7O4. The van der Waals surface area contributed by atoms with Gasteiger partial charge in [-0.05, 0) is 64.2 Å². The maximum atomic E-state index is 14.2. The maximum Gasteiger partial charge on any atom is 0.471 e. The molecule has 2 N–H and O–H groups in total. The molecule has 47 heavy (non-hydrogen) atoms. The quantitative estimate of drug-likeness (QED) is 0.293. The summed E-state index contributed by atoms with van der Waals surface area (Å²) in [5.41, 5.74) is 1.64. The van der Waals surface area contributed by atoms with Crippen LogP contribution in [0.5, 0.6) is 5.75 Å². The lowest BCUT2D eigenvalue weighted by Gasteiger charge is -2.27. The Kier molecular flexibility index (Phi) is 9.21.